The monoisotopic (exact) mass is 247 g/mol. The third kappa shape index (κ3) is 2.30. The van der Waals surface area contributed by atoms with Crippen LogP contribution < -0.4 is 0 Å². The number of nitrogens with zero attached hydrogens (tertiary/aromatic N) is 1. The Morgan fingerprint density at radius 1 is 1.12 bits per heavy atom. The second kappa shape index (κ2) is 4.66. The van der Waals surface area contributed by atoms with Gasteiger partial charge in [-0.3, -0.25) is 4.98 Å². The van der Waals surface area contributed by atoms with Crippen molar-refractivity contribution in [3.63, 3.8) is 0 Å². The lowest BCUT2D eigenvalue weighted by Crippen LogP contribution is -1.97. The minimum Gasteiger partial charge on any atom is -0.253 e. The maximum Gasteiger partial charge on any atom is 0.0711 e. The van der Waals surface area contributed by atoms with E-state index in [0.29, 0.717) is 11.8 Å². The predicted molar refractivity (Wildman–Crippen MR) is 74.9 cm³/mol. The standard InChI is InChI=1S/C15H18ClN/c1-9(2)14-7-12(8-16)13-5-10(3)11(4)6-15(13)17-14/h5-7,9H,8H2,1-4H3. The molecular formula is C15H18ClN. The molecule has 1 aromatic heterocycles. The van der Waals surface area contributed by atoms with Crippen molar-refractivity contribution in [1.82, 2.24) is 4.98 Å². The fourth-order valence-electron chi connectivity index (χ4n) is 1.98. The summed E-state index contributed by atoms with van der Waals surface area (Å²) in [5.41, 5.74) is 5.95. The Balaban J connectivity index is 2.78. The molecule has 17 heavy (non-hydrogen) atoms. The summed E-state index contributed by atoms with van der Waals surface area (Å²) in [4.78, 5) is 4.73. The van der Waals surface area contributed by atoms with Crippen molar-refractivity contribution < 1.29 is 0 Å². The average molecular weight is 248 g/mol. The maximum atomic E-state index is 6.05. The molecule has 90 valence electrons. The zero-order chi connectivity index (χ0) is 12.6. The quantitative estimate of drug-likeness (QED) is 0.700. The van der Waals surface area contributed by atoms with Crippen LogP contribution in [0.4, 0.5) is 0 Å². The second-order valence-corrected chi connectivity index (χ2v) is 5.22. The Labute approximate surface area is 108 Å². The molecule has 0 aliphatic heterocycles. The molecule has 0 amide bonds. The zero-order valence-corrected chi connectivity index (χ0v) is 11.6. The van der Waals surface area contributed by atoms with Gasteiger partial charge < -0.3 is 0 Å². The molecule has 2 heteroatoms. The van der Waals surface area contributed by atoms with Crippen molar-refractivity contribution in [2.45, 2.75) is 39.5 Å². The van der Waals surface area contributed by atoms with Crippen molar-refractivity contribution >= 4 is 22.5 Å². The van der Waals surface area contributed by atoms with Crippen LogP contribution in [0.3, 0.4) is 0 Å². The van der Waals surface area contributed by atoms with Gasteiger partial charge in [0.15, 0.2) is 0 Å². The number of fused-ring (bicyclic) bond motifs is 1. The largest absolute Gasteiger partial charge is 0.253 e. The number of halogens is 1. The van der Waals surface area contributed by atoms with E-state index in [1.54, 1.807) is 0 Å². The SMILES string of the molecule is Cc1cc2nc(C(C)C)cc(CCl)c2cc1C. The van der Waals surface area contributed by atoms with Gasteiger partial charge in [0.25, 0.3) is 0 Å². The first kappa shape index (κ1) is 12.4. The van der Waals surface area contributed by atoms with Gasteiger partial charge in [0.05, 0.1) is 5.52 Å². The Hall–Kier alpha value is -1.08. The number of aromatic nitrogens is 1. The normalized spacial score (nSPS) is 11.4. The van der Waals surface area contributed by atoms with Gasteiger partial charge in [-0.05, 0) is 54.7 Å². The first-order valence-corrected chi connectivity index (χ1v) is 6.53. The fraction of sp³-hybridized carbons (Fsp3) is 0.400. The van der Waals surface area contributed by atoms with Gasteiger partial charge in [0, 0.05) is 17.0 Å². The van der Waals surface area contributed by atoms with E-state index in [2.05, 4.69) is 45.9 Å². The number of pyridine rings is 1. The second-order valence-electron chi connectivity index (χ2n) is 4.95. The molecule has 0 atom stereocenters. The summed E-state index contributed by atoms with van der Waals surface area (Å²) >= 11 is 6.05. The first-order valence-electron chi connectivity index (χ1n) is 5.99. The molecule has 0 saturated carbocycles. The number of benzene rings is 1. The van der Waals surface area contributed by atoms with Gasteiger partial charge >= 0.3 is 0 Å². The summed E-state index contributed by atoms with van der Waals surface area (Å²) < 4.78 is 0. The number of hydrogen-bond donors (Lipinski definition) is 0. The van der Waals surface area contributed by atoms with Crippen LogP contribution in [0.25, 0.3) is 10.9 Å². The molecule has 1 heterocycles. The lowest BCUT2D eigenvalue weighted by Gasteiger charge is -2.12. The highest BCUT2D eigenvalue weighted by Gasteiger charge is 2.09. The molecule has 0 fully saturated rings. The van der Waals surface area contributed by atoms with Crippen molar-refractivity contribution in [2.24, 2.45) is 0 Å². The topological polar surface area (TPSA) is 12.9 Å². The Morgan fingerprint density at radius 2 is 1.76 bits per heavy atom. The zero-order valence-electron chi connectivity index (χ0n) is 10.8. The third-order valence-electron chi connectivity index (χ3n) is 3.27. The molecule has 1 nitrogen and oxygen atoms in total. The van der Waals surface area contributed by atoms with Gasteiger partial charge in [-0.2, -0.15) is 0 Å². The van der Waals surface area contributed by atoms with E-state index >= 15 is 0 Å². The van der Waals surface area contributed by atoms with E-state index in [-0.39, 0.29) is 0 Å². The average Bonchev–Trinajstić information content (AvgIpc) is 2.29. The van der Waals surface area contributed by atoms with Gasteiger partial charge in [-0.15, -0.1) is 11.6 Å². The maximum absolute atomic E-state index is 6.05. The third-order valence-corrected chi connectivity index (χ3v) is 3.55. The fourth-order valence-corrected chi connectivity index (χ4v) is 2.21. The van der Waals surface area contributed by atoms with Gasteiger partial charge in [-0.25, -0.2) is 0 Å². The highest BCUT2D eigenvalue weighted by molar-refractivity contribution is 6.18. The van der Waals surface area contributed by atoms with Crippen LogP contribution in [-0.2, 0) is 5.88 Å². The molecule has 0 saturated heterocycles. The van der Waals surface area contributed by atoms with Crippen LogP contribution in [0.5, 0.6) is 0 Å². The van der Waals surface area contributed by atoms with E-state index < -0.39 is 0 Å². The lowest BCUT2D eigenvalue weighted by molar-refractivity contribution is 0.827. The Morgan fingerprint density at radius 3 is 2.35 bits per heavy atom. The molecule has 0 unspecified atom stereocenters. The van der Waals surface area contributed by atoms with Crippen molar-refractivity contribution in [1.29, 1.82) is 0 Å². The van der Waals surface area contributed by atoms with Gasteiger partial charge in [-0.1, -0.05) is 13.8 Å². The number of alkyl halides is 1. The molecular weight excluding hydrogens is 230 g/mol. The molecule has 0 aliphatic carbocycles. The van der Waals surface area contributed by atoms with E-state index in [9.17, 15) is 0 Å². The molecule has 0 bridgehead atoms. The van der Waals surface area contributed by atoms with E-state index in [4.69, 9.17) is 16.6 Å². The van der Waals surface area contributed by atoms with E-state index in [1.165, 1.54) is 22.1 Å². The van der Waals surface area contributed by atoms with Gasteiger partial charge in [0.2, 0.25) is 0 Å². The minimum atomic E-state index is 0.433. The molecule has 0 aliphatic rings. The highest BCUT2D eigenvalue weighted by atomic mass is 35.5. The summed E-state index contributed by atoms with van der Waals surface area (Å²) in [6.07, 6.45) is 0. The van der Waals surface area contributed by atoms with Crippen molar-refractivity contribution in [3.8, 4) is 0 Å². The van der Waals surface area contributed by atoms with Crippen LogP contribution in [0, 0.1) is 13.8 Å². The number of rotatable bonds is 2. The molecule has 2 rings (SSSR count). The van der Waals surface area contributed by atoms with Crippen LogP contribution in [0.1, 0.15) is 42.1 Å². The van der Waals surface area contributed by atoms with E-state index in [1.807, 2.05) is 0 Å². The van der Waals surface area contributed by atoms with Gasteiger partial charge in [0.1, 0.15) is 0 Å². The summed E-state index contributed by atoms with van der Waals surface area (Å²) in [6.45, 7) is 8.57. The van der Waals surface area contributed by atoms with Crippen LogP contribution in [0.2, 0.25) is 0 Å². The number of hydrogen-bond acceptors (Lipinski definition) is 1. The molecule has 2 aromatic rings. The van der Waals surface area contributed by atoms with Crippen molar-refractivity contribution in [3.05, 3.63) is 40.6 Å². The Bertz CT molecular complexity index is 558. The summed E-state index contributed by atoms with van der Waals surface area (Å²) in [5.74, 6) is 0.976. The molecule has 0 N–H and O–H groups in total. The summed E-state index contributed by atoms with van der Waals surface area (Å²) in [6, 6.07) is 6.49. The molecule has 1 aromatic carbocycles. The first-order chi connectivity index (χ1) is 8.02. The summed E-state index contributed by atoms with van der Waals surface area (Å²) in [5, 5.41) is 1.19. The number of aryl methyl sites for hydroxylation is 2. The van der Waals surface area contributed by atoms with Crippen LogP contribution in [-0.4, -0.2) is 4.98 Å². The summed E-state index contributed by atoms with van der Waals surface area (Å²) in [7, 11) is 0. The van der Waals surface area contributed by atoms with Crippen LogP contribution in [0.15, 0.2) is 18.2 Å². The molecule has 0 spiro atoms. The highest BCUT2D eigenvalue weighted by Crippen LogP contribution is 2.26. The minimum absolute atomic E-state index is 0.433. The lowest BCUT2D eigenvalue weighted by atomic mass is 10.00. The van der Waals surface area contributed by atoms with Crippen LogP contribution >= 0.6 is 11.6 Å². The molecule has 0 radical (unpaired) electrons. The van der Waals surface area contributed by atoms with E-state index in [0.717, 1.165) is 11.2 Å². The Kier molecular flexibility index (Phi) is 3.39. The smallest absolute Gasteiger partial charge is 0.0711 e. The predicted octanol–water partition coefficient (Wildman–Crippen LogP) is 4.71. The van der Waals surface area contributed by atoms with Crippen molar-refractivity contribution in [2.75, 3.05) is 0 Å².